The zero-order valence-corrected chi connectivity index (χ0v) is 9.90. The van der Waals surface area contributed by atoms with Gasteiger partial charge in [0.15, 0.2) is 5.79 Å². The van der Waals surface area contributed by atoms with Gasteiger partial charge in [-0.15, -0.1) is 0 Å². The van der Waals surface area contributed by atoms with Crippen LogP contribution in [0.25, 0.3) is 0 Å². The van der Waals surface area contributed by atoms with E-state index in [2.05, 4.69) is 0 Å². The highest BCUT2D eigenvalue weighted by Crippen LogP contribution is 2.59. The van der Waals surface area contributed by atoms with Gasteiger partial charge in [-0.3, -0.25) is 4.57 Å². The number of rotatable bonds is 3. The largest absolute Gasteiger partial charge is 0.400 e. The summed E-state index contributed by atoms with van der Waals surface area (Å²) in [5.74, 6) is -5.37. The third-order valence-corrected chi connectivity index (χ3v) is 3.33. The molecule has 1 rings (SSSR count). The lowest BCUT2D eigenvalue weighted by molar-refractivity contribution is -0.315. The quantitative estimate of drug-likeness (QED) is 0.409. The Bertz CT molecular complexity index is 350. The smallest absolute Gasteiger partial charge is 0.358 e. The molecule has 1 aliphatic heterocycles. The molecule has 0 bridgehead atoms. The molecular weight excluding hydrogens is 265 g/mol. The third kappa shape index (κ3) is 2.50. The Morgan fingerprint density at radius 3 is 2.12 bits per heavy atom. The van der Waals surface area contributed by atoms with Crippen LogP contribution in [0.4, 0.5) is 8.78 Å². The number of alkyl halides is 2. The Labute approximate surface area is 95.1 Å². The molecule has 1 aliphatic rings. The first-order chi connectivity index (χ1) is 7.31. The Hall–Kier alpha value is -0.150. The van der Waals surface area contributed by atoms with Gasteiger partial charge in [0.2, 0.25) is 0 Å². The monoisotopic (exact) mass is 278 g/mol. The third-order valence-electron chi connectivity index (χ3n) is 2.27. The molecule has 1 heterocycles. The summed E-state index contributed by atoms with van der Waals surface area (Å²) in [6.07, 6.45) is -1.97. The van der Waals surface area contributed by atoms with E-state index >= 15 is 0 Å². The molecule has 1 unspecified atom stereocenters. The number of halogens is 2. The SMILES string of the molecule is CC1(C)OCC(C(O)(O)C(F)(F)P(=O)(O)O)O1. The molecule has 0 saturated carbocycles. The minimum Gasteiger partial charge on any atom is -0.358 e. The average Bonchev–Trinajstić information content (AvgIpc) is 2.44. The van der Waals surface area contributed by atoms with Gasteiger partial charge in [-0.25, -0.2) is 0 Å². The average molecular weight is 278 g/mol. The minimum absolute atomic E-state index is 0.629. The van der Waals surface area contributed by atoms with Crippen molar-refractivity contribution in [1.29, 1.82) is 0 Å². The maximum Gasteiger partial charge on any atom is 0.400 e. The minimum atomic E-state index is -6.05. The summed E-state index contributed by atoms with van der Waals surface area (Å²) in [6, 6.07) is 0. The lowest BCUT2D eigenvalue weighted by atomic mass is 10.1. The molecule has 0 aromatic heterocycles. The molecule has 1 fully saturated rings. The van der Waals surface area contributed by atoms with Crippen molar-refractivity contribution >= 4 is 7.60 Å². The molecule has 0 spiro atoms. The molecule has 0 amide bonds. The van der Waals surface area contributed by atoms with E-state index in [0.29, 0.717) is 0 Å². The van der Waals surface area contributed by atoms with E-state index < -0.39 is 37.5 Å². The zero-order valence-electron chi connectivity index (χ0n) is 9.00. The van der Waals surface area contributed by atoms with Crippen LogP contribution in [0.1, 0.15) is 13.8 Å². The summed E-state index contributed by atoms with van der Waals surface area (Å²) in [6.45, 7) is 2.03. The summed E-state index contributed by atoms with van der Waals surface area (Å²) >= 11 is 0. The Morgan fingerprint density at radius 1 is 1.35 bits per heavy atom. The van der Waals surface area contributed by atoms with Gasteiger partial charge in [0.1, 0.15) is 6.10 Å². The van der Waals surface area contributed by atoms with Crippen LogP contribution in [0.3, 0.4) is 0 Å². The van der Waals surface area contributed by atoms with Gasteiger partial charge in [-0.2, -0.15) is 8.78 Å². The molecule has 1 atom stereocenters. The summed E-state index contributed by atoms with van der Waals surface area (Å²) in [5, 5.41) is 18.4. The van der Waals surface area contributed by atoms with Crippen LogP contribution in [-0.4, -0.2) is 49.9 Å². The lowest BCUT2D eigenvalue weighted by Crippen LogP contribution is -2.57. The van der Waals surface area contributed by atoms with E-state index in [9.17, 15) is 23.6 Å². The highest BCUT2D eigenvalue weighted by atomic mass is 31.2. The molecule has 0 aliphatic carbocycles. The number of hydrogen-bond donors (Lipinski definition) is 4. The first-order valence-electron chi connectivity index (χ1n) is 4.51. The van der Waals surface area contributed by atoms with Crippen molar-refractivity contribution in [2.75, 3.05) is 6.61 Å². The Balaban J connectivity index is 3.01. The topological polar surface area (TPSA) is 116 Å². The van der Waals surface area contributed by atoms with Crippen molar-refractivity contribution in [3.05, 3.63) is 0 Å². The van der Waals surface area contributed by atoms with E-state index in [1.165, 1.54) is 13.8 Å². The van der Waals surface area contributed by atoms with Crippen LogP contribution in [0, 0.1) is 0 Å². The predicted octanol–water partition coefficient (Wildman–Crippen LogP) is -0.411. The number of aliphatic hydroxyl groups is 2. The van der Waals surface area contributed by atoms with Gasteiger partial charge in [0.25, 0.3) is 5.79 Å². The van der Waals surface area contributed by atoms with Crippen molar-refractivity contribution in [2.24, 2.45) is 0 Å². The van der Waals surface area contributed by atoms with Gasteiger partial charge in [-0.05, 0) is 13.8 Å². The molecule has 0 aromatic carbocycles. The van der Waals surface area contributed by atoms with E-state index in [-0.39, 0.29) is 0 Å². The summed E-state index contributed by atoms with van der Waals surface area (Å²) in [5.41, 5.74) is -5.06. The maximum absolute atomic E-state index is 13.2. The van der Waals surface area contributed by atoms with E-state index in [4.69, 9.17) is 19.3 Å². The van der Waals surface area contributed by atoms with Crippen LogP contribution in [0.15, 0.2) is 0 Å². The summed E-state index contributed by atoms with van der Waals surface area (Å²) < 4.78 is 46.5. The van der Waals surface area contributed by atoms with Crippen molar-refractivity contribution < 1.29 is 42.8 Å². The molecule has 17 heavy (non-hydrogen) atoms. The molecule has 7 nitrogen and oxygen atoms in total. The molecule has 0 radical (unpaired) electrons. The normalized spacial score (nSPS) is 26.2. The molecule has 10 heteroatoms. The van der Waals surface area contributed by atoms with E-state index in [1.54, 1.807) is 0 Å². The summed E-state index contributed by atoms with van der Waals surface area (Å²) in [7, 11) is -6.05. The highest BCUT2D eigenvalue weighted by molar-refractivity contribution is 7.53. The van der Waals surface area contributed by atoms with Crippen LogP contribution in [0.5, 0.6) is 0 Å². The van der Waals surface area contributed by atoms with Gasteiger partial charge < -0.3 is 29.5 Å². The first kappa shape index (κ1) is 14.9. The molecule has 1 saturated heterocycles. The molecular formula is C7H13F2O7P. The van der Waals surface area contributed by atoms with Crippen molar-refractivity contribution in [3.63, 3.8) is 0 Å². The van der Waals surface area contributed by atoms with Crippen molar-refractivity contribution in [2.45, 2.75) is 37.2 Å². The second kappa shape index (κ2) is 3.92. The molecule has 0 aromatic rings. The number of hydrogen-bond acceptors (Lipinski definition) is 5. The Morgan fingerprint density at radius 2 is 1.82 bits per heavy atom. The Kier molecular flexibility index (Phi) is 3.44. The molecule has 102 valence electrons. The number of ether oxygens (including phenoxy) is 2. The second-order valence-corrected chi connectivity index (χ2v) is 5.78. The van der Waals surface area contributed by atoms with Crippen molar-refractivity contribution in [1.82, 2.24) is 0 Å². The lowest BCUT2D eigenvalue weighted by Gasteiger charge is -2.34. The van der Waals surface area contributed by atoms with Crippen LogP contribution >= 0.6 is 7.60 Å². The maximum atomic E-state index is 13.2. The summed E-state index contributed by atoms with van der Waals surface area (Å²) in [4.78, 5) is 16.8. The van der Waals surface area contributed by atoms with Crippen LogP contribution in [-0.2, 0) is 14.0 Å². The fraction of sp³-hybridized carbons (Fsp3) is 1.00. The van der Waals surface area contributed by atoms with Gasteiger partial charge in [-0.1, -0.05) is 0 Å². The zero-order chi connectivity index (χ0) is 13.7. The van der Waals surface area contributed by atoms with Crippen LogP contribution in [0.2, 0.25) is 0 Å². The fourth-order valence-electron chi connectivity index (χ4n) is 1.29. The van der Waals surface area contributed by atoms with Gasteiger partial charge in [0, 0.05) is 0 Å². The van der Waals surface area contributed by atoms with E-state index in [0.717, 1.165) is 0 Å². The van der Waals surface area contributed by atoms with Crippen LogP contribution < -0.4 is 0 Å². The standard InChI is InChI=1S/C7H13F2O7P/c1-5(2)15-3-4(16-5)6(10,11)7(8,9)17(12,13)14/h4,10-11H,3H2,1-2H3,(H2,12,13,14). The first-order valence-corrected chi connectivity index (χ1v) is 6.12. The van der Waals surface area contributed by atoms with Crippen molar-refractivity contribution in [3.8, 4) is 0 Å². The van der Waals surface area contributed by atoms with E-state index in [1.807, 2.05) is 0 Å². The fourth-order valence-corrected chi connectivity index (χ4v) is 1.87. The predicted molar refractivity (Wildman–Crippen MR) is 49.1 cm³/mol. The van der Waals surface area contributed by atoms with Gasteiger partial charge >= 0.3 is 13.3 Å². The molecule has 4 N–H and O–H groups in total. The highest BCUT2D eigenvalue weighted by Gasteiger charge is 2.69. The second-order valence-electron chi connectivity index (χ2n) is 4.13. The van der Waals surface area contributed by atoms with Gasteiger partial charge in [0.05, 0.1) is 6.61 Å².